The van der Waals surface area contributed by atoms with E-state index in [2.05, 4.69) is 9.67 Å². The molecule has 0 amide bonds. The van der Waals surface area contributed by atoms with Crippen LogP contribution >= 0.6 is 0 Å². The molecule has 0 radical (unpaired) electrons. The van der Waals surface area contributed by atoms with Crippen molar-refractivity contribution >= 4 is 15.6 Å². The zero-order valence-electron chi connectivity index (χ0n) is 13.3. The summed E-state index contributed by atoms with van der Waals surface area (Å²) < 4.78 is 25.2. The quantitative estimate of drug-likeness (QED) is 0.912. The van der Waals surface area contributed by atoms with Gasteiger partial charge in [-0.25, -0.2) is 13.3 Å². The Morgan fingerprint density at radius 2 is 2.22 bits per heavy atom. The number of hydrogen-bond donors (Lipinski definition) is 1. The summed E-state index contributed by atoms with van der Waals surface area (Å²) in [7, 11) is -2.60. The Hall–Kier alpha value is -1.67. The molecule has 1 N–H and O–H groups in total. The lowest BCUT2D eigenvalue weighted by Crippen LogP contribution is -2.39. The molecule has 2 aliphatic rings. The molecule has 0 spiro atoms. The lowest BCUT2D eigenvalue weighted by Gasteiger charge is -2.31. The maximum absolute atomic E-state index is 12.0. The smallest absolute Gasteiger partial charge is 0.274 e. The fourth-order valence-electron chi connectivity index (χ4n) is 4.23. The van der Waals surface area contributed by atoms with Crippen molar-refractivity contribution in [3.63, 3.8) is 0 Å². The van der Waals surface area contributed by atoms with Crippen molar-refractivity contribution in [1.29, 1.82) is 4.78 Å². The van der Waals surface area contributed by atoms with Crippen LogP contribution in [0.2, 0.25) is 0 Å². The molecule has 7 nitrogen and oxygen atoms in total. The highest BCUT2D eigenvalue weighted by atomic mass is 32.2. The summed E-state index contributed by atoms with van der Waals surface area (Å²) in [4.78, 5) is 11.9. The summed E-state index contributed by atoms with van der Waals surface area (Å²) in [5, 5.41) is 4.25. The van der Waals surface area contributed by atoms with Gasteiger partial charge in [-0.3, -0.25) is 4.79 Å². The van der Waals surface area contributed by atoms with Crippen LogP contribution in [-0.2, 0) is 16.5 Å². The minimum atomic E-state index is -2.60. The molecule has 3 heterocycles. The maximum atomic E-state index is 12.0. The number of hydrogen-bond acceptors (Lipinski definition) is 4. The van der Waals surface area contributed by atoms with Crippen molar-refractivity contribution in [1.82, 2.24) is 18.5 Å². The van der Waals surface area contributed by atoms with E-state index in [0.717, 1.165) is 37.3 Å². The highest BCUT2D eigenvalue weighted by Gasteiger charge is 2.46. The van der Waals surface area contributed by atoms with E-state index in [1.807, 2.05) is 23.5 Å². The largest absolute Gasteiger partial charge is 0.332 e. The van der Waals surface area contributed by atoms with Gasteiger partial charge in [0.1, 0.15) is 15.6 Å². The summed E-state index contributed by atoms with van der Waals surface area (Å²) in [5.74, 6) is 0.981. The Morgan fingerprint density at radius 1 is 1.43 bits per heavy atom. The van der Waals surface area contributed by atoms with Crippen LogP contribution in [0.15, 0.2) is 23.1 Å². The number of nitrogens with one attached hydrogen (secondary N) is 1. The third kappa shape index (κ3) is 2.40. The van der Waals surface area contributed by atoms with Crippen molar-refractivity contribution < 1.29 is 4.21 Å². The molecule has 2 aromatic heterocycles. The highest BCUT2D eigenvalue weighted by Crippen LogP contribution is 2.44. The fraction of sp³-hybridized carbons (Fsp3) is 0.600. The molecule has 4 rings (SSSR count). The van der Waals surface area contributed by atoms with Crippen LogP contribution in [0.5, 0.6) is 0 Å². The Balaban J connectivity index is 1.60. The summed E-state index contributed by atoms with van der Waals surface area (Å²) in [6.07, 6.45) is 5.36. The van der Waals surface area contributed by atoms with E-state index in [1.54, 1.807) is 6.07 Å². The van der Waals surface area contributed by atoms with Crippen molar-refractivity contribution in [2.45, 2.75) is 32.4 Å². The second kappa shape index (κ2) is 4.91. The Morgan fingerprint density at radius 3 is 2.87 bits per heavy atom. The average molecular weight is 335 g/mol. The fourth-order valence-corrected chi connectivity index (χ4v) is 5.45. The first-order valence-electron chi connectivity index (χ1n) is 7.89. The van der Waals surface area contributed by atoms with Crippen molar-refractivity contribution in [2.75, 3.05) is 12.8 Å². The summed E-state index contributed by atoms with van der Waals surface area (Å²) in [6.45, 7) is 3.48. The van der Waals surface area contributed by atoms with Crippen LogP contribution in [-0.4, -0.2) is 41.5 Å². The predicted octanol–water partition coefficient (Wildman–Crippen LogP) is 1.11. The predicted molar refractivity (Wildman–Crippen MR) is 87.7 cm³/mol. The third-order valence-electron chi connectivity index (χ3n) is 5.23. The lowest BCUT2D eigenvalue weighted by atomic mass is 9.95. The van der Waals surface area contributed by atoms with Crippen LogP contribution in [0, 0.1) is 23.5 Å². The van der Waals surface area contributed by atoms with Gasteiger partial charge in [-0.15, -0.1) is 0 Å². The molecule has 0 aromatic carbocycles. The molecule has 2 aromatic rings. The van der Waals surface area contributed by atoms with E-state index in [9.17, 15) is 9.00 Å². The van der Waals surface area contributed by atoms with Gasteiger partial charge in [0, 0.05) is 43.7 Å². The maximum Gasteiger partial charge on any atom is 0.274 e. The summed E-state index contributed by atoms with van der Waals surface area (Å²) >= 11 is 0. The minimum absolute atomic E-state index is 0.108. The minimum Gasteiger partial charge on any atom is -0.332 e. The van der Waals surface area contributed by atoms with Gasteiger partial charge in [0.05, 0.1) is 5.69 Å². The van der Waals surface area contributed by atoms with Gasteiger partial charge in [-0.2, -0.15) is 9.61 Å². The molecule has 1 saturated heterocycles. The number of nitrogens with zero attached hydrogens (tertiary/aromatic N) is 4. The first kappa shape index (κ1) is 14.9. The first-order valence-corrected chi connectivity index (χ1v) is 9.81. The molecule has 23 heavy (non-hydrogen) atoms. The molecule has 8 heteroatoms. The van der Waals surface area contributed by atoms with E-state index in [0.29, 0.717) is 11.8 Å². The van der Waals surface area contributed by atoms with Gasteiger partial charge in [-0.1, -0.05) is 0 Å². The van der Waals surface area contributed by atoms with E-state index in [-0.39, 0.29) is 11.6 Å². The molecule has 124 valence electrons. The van der Waals surface area contributed by atoms with E-state index in [4.69, 9.17) is 4.78 Å². The van der Waals surface area contributed by atoms with E-state index < -0.39 is 9.92 Å². The van der Waals surface area contributed by atoms with Crippen LogP contribution < -0.4 is 5.56 Å². The molecule has 1 saturated carbocycles. The molecular formula is C15H21N5O2S. The van der Waals surface area contributed by atoms with Gasteiger partial charge in [0.15, 0.2) is 0 Å². The number of aryl methyl sites for hydroxylation is 1. The summed E-state index contributed by atoms with van der Waals surface area (Å²) in [5.41, 5.74) is 1.55. The SMILES string of the molecule is Cc1cc2n(C[C@H]3C[C@H]4C[C@@H]3CN4S(C)(=N)=O)ccc(=O)n2n1. The highest BCUT2D eigenvalue weighted by molar-refractivity contribution is 7.89. The Kier molecular flexibility index (Phi) is 3.18. The topological polar surface area (TPSA) is 83.5 Å². The zero-order chi connectivity index (χ0) is 16.4. The number of piperidine rings is 1. The second-order valence-corrected chi connectivity index (χ2v) is 8.98. The normalized spacial score (nSPS) is 30.1. The molecular weight excluding hydrogens is 314 g/mol. The third-order valence-corrected chi connectivity index (χ3v) is 6.57. The molecule has 4 atom stereocenters. The van der Waals surface area contributed by atoms with Crippen LogP contribution in [0.3, 0.4) is 0 Å². The van der Waals surface area contributed by atoms with Gasteiger partial charge >= 0.3 is 0 Å². The number of rotatable bonds is 3. The van der Waals surface area contributed by atoms with Gasteiger partial charge in [0.2, 0.25) is 0 Å². The Labute approximate surface area is 135 Å². The standard InChI is InChI=1S/C15H21N5O2S/c1-10-5-14-18(4-3-15(21)20(14)17-10)8-11-6-13-7-12(11)9-19(13)23(2,16)22/h3-5,11-13,16H,6-9H2,1-2H3/t11-,12-,13+,23?/m1/s1. The van der Waals surface area contributed by atoms with E-state index >= 15 is 0 Å². The molecule has 1 unspecified atom stereocenters. The van der Waals surface area contributed by atoms with Gasteiger partial charge in [0.25, 0.3) is 5.56 Å². The van der Waals surface area contributed by atoms with Crippen LogP contribution in [0.1, 0.15) is 18.5 Å². The Bertz CT molecular complexity index is 929. The summed E-state index contributed by atoms with van der Waals surface area (Å²) in [6, 6.07) is 3.76. The second-order valence-electron chi connectivity index (χ2n) is 6.91. The number of fused-ring (bicyclic) bond motifs is 3. The van der Waals surface area contributed by atoms with Crippen LogP contribution in [0.25, 0.3) is 5.65 Å². The zero-order valence-corrected chi connectivity index (χ0v) is 14.1. The van der Waals surface area contributed by atoms with Crippen molar-refractivity contribution in [3.8, 4) is 0 Å². The molecule has 1 aliphatic carbocycles. The first-order chi connectivity index (χ1) is 10.8. The van der Waals surface area contributed by atoms with Crippen molar-refractivity contribution in [2.24, 2.45) is 11.8 Å². The van der Waals surface area contributed by atoms with E-state index in [1.165, 1.54) is 10.8 Å². The van der Waals surface area contributed by atoms with Gasteiger partial charge < -0.3 is 4.57 Å². The monoisotopic (exact) mass is 335 g/mol. The molecule has 2 bridgehead atoms. The molecule has 2 fully saturated rings. The lowest BCUT2D eigenvalue weighted by molar-refractivity contribution is 0.248. The van der Waals surface area contributed by atoms with Crippen molar-refractivity contribution in [3.05, 3.63) is 34.4 Å². The van der Waals surface area contributed by atoms with Gasteiger partial charge in [-0.05, 0) is 31.6 Å². The molecule has 1 aliphatic heterocycles. The number of aromatic nitrogens is 3. The van der Waals surface area contributed by atoms with Crippen LogP contribution in [0.4, 0.5) is 0 Å². The average Bonchev–Trinajstić information content (AvgIpc) is 3.14.